The maximum Gasteiger partial charge on any atom is 0.242 e. The third-order valence-corrected chi connectivity index (χ3v) is 5.72. The van der Waals surface area contributed by atoms with Crippen LogP contribution in [0.2, 0.25) is 5.02 Å². The van der Waals surface area contributed by atoms with E-state index in [2.05, 4.69) is 17.4 Å². The van der Waals surface area contributed by atoms with Gasteiger partial charge >= 0.3 is 0 Å². The maximum absolute atomic E-state index is 13.0. The Labute approximate surface area is 183 Å². The lowest BCUT2D eigenvalue weighted by molar-refractivity contribution is -0.140. The van der Waals surface area contributed by atoms with Crippen molar-refractivity contribution in [1.82, 2.24) is 10.2 Å². The number of nitrogens with zero attached hydrogens (tertiary/aromatic N) is 1. The molecule has 2 rings (SSSR count). The van der Waals surface area contributed by atoms with Gasteiger partial charge in [0.2, 0.25) is 11.8 Å². The minimum atomic E-state index is -0.542. The lowest BCUT2D eigenvalue weighted by atomic mass is 10.1. The zero-order valence-corrected chi connectivity index (χ0v) is 18.8. The van der Waals surface area contributed by atoms with E-state index >= 15 is 0 Å². The highest BCUT2D eigenvalue weighted by atomic mass is 35.5. The van der Waals surface area contributed by atoms with Crippen LogP contribution in [-0.2, 0) is 21.9 Å². The van der Waals surface area contributed by atoms with Crippen LogP contribution in [0.25, 0.3) is 0 Å². The highest BCUT2D eigenvalue weighted by molar-refractivity contribution is 7.98. The van der Waals surface area contributed by atoms with Gasteiger partial charge in [-0.15, -0.1) is 0 Å². The lowest BCUT2D eigenvalue weighted by Gasteiger charge is -2.29. The number of nitrogens with one attached hydrogen (secondary N) is 1. The van der Waals surface area contributed by atoms with E-state index in [9.17, 15) is 9.59 Å². The fraction of sp³-hybridized carbons (Fsp3) is 0.391. The number of hydrogen-bond donors (Lipinski definition) is 1. The van der Waals surface area contributed by atoms with Crippen LogP contribution in [0.4, 0.5) is 0 Å². The van der Waals surface area contributed by atoms with Crippen molar-refractivity contribution in [3.8, 4) is 0 Å². The largest absolute Gasteiger partial charge is 0.352 e. The molecule has 0 radical (unpaired) electrons. The molecule has 0 aliphatic heterocycles. The van der Waals surface area contributed by atoms with Crippen molar-refractivity contribution >= 4 is 35.2 Å². The molecule has 0 fully saturated rings. The van der Waals surface area contributed by atoms with Gasteiger partial charge in [-0.2, -0.15) is 11.8 Å². The third-order valence-electron chi connectivity index (χ3n) is 4.44. The van der Waals surface area contributed by atoms with Crippen molar-refractivity contribution in [3.05, 3.63) is 70.7 Å². The van der Waals surface area contributed by atoms with Gasteiger partial charge in [0, 0.05) is 35.5 Å². The smallest absolute Gasteiger partial charge is 0.242 e. The Morgan fingerprint density at radius 1 is 1.00 bits per heavy atom. The molecule has 0 saturated carbocycles. The number of hydrogen-bond acceptors (Lipinski definition) is 3. The van der Waals surface area contributed by atoms with Gasteiger partial charge < -0.3 is 10.2 Å². The maximum atomic E-state index is 13.0. The summed E-state index contributed by atoms with van der Waals surface area (Å²) in [4.78, 5) is 27.1. The van der Waals surface area contributed by atoms with E-state index in [0.717, 1.165) is 11.3 Å². The molecule has 1 atom stereocenters. The fourth-order valence-corrected chi connectivity index (χ4v) is 3.86. The van der Waals surface area contributed by atoms with E-state index in [4.69, 9.17) is 11.6 Å². The number of thioether (sulfide) groups is 1. The summed E-state index contributed by atoms with van der Waals surface area (Å²) in [7, 11) is 0. The molecule has 1 N–H and O–H groups in total. The van der Waals surface area contributed by atoms with Gasteiger partial charge in [-0.1, -0.05) is 54.1 Å². The molecule has 2 aromatic carbocycles. The Balaban J connectivity index is 1.99. The number of carbonyl (C=O) groups excluding carboxylic acids is 2. The van der Waals surface area contributed by atoms with Gasteiger partial charge in [-0.05, 0) is 44.0 Å². The minimum Gasteiger partial charge on any atom is -0.352 e. The van der Waals surface area contributed by atoms with Crippen molar-refractivity contribution in [2.45, 2.75) is 51.6 Å². The Morgan fingerprint density at radius 2 is 1.66 bits per heavy atom. The molecule has 0 unspecified atom stereocenters. The first kappa shape index (κ1) is 23.3. The second kappa shape index (κ2) is 11.9. The molecular weight excluding hydrogens is 404 g/mol. The van der Waals surface area contributed by atoms with Crippen LogP contribution in [-0.4, -0.2) is 34.6 Å². The highest BCUT2D eigenvalue weighted by Crippen LogP contribution is 2.17. The second-order valence-corrected chi connectivity index (χ2v) is 8.82. The molecule has 0 aromatic heterocycles. The van der Waals surface area contributed by atoms with Gasteiger partial charge in [-0.25, -0.2) is 0 Å². The number of halogens is 1. The number of amides is 2. The monoisotopic (exact) mass is 432 g/mol. The standard InChI is InChI=1S/C23H29ClN2O2S/c1-17(2)25-23(28)18(3)26(15-19-9-11-21(24)12-10-19)22(27)13-14-29-16-20-7-5-4-6-8-20/h4-12,17-18H,13-16H2,1-3H3,(H,25,28)/t18-/m0/s1. The minimum absolute atomic E-state index is 0.0214. The van der Waals surface area contributed by atoms with Gasteiger partial charge in [0.15, 0.2) is 0 Å². The summed E-state index contributed by atoms with van der Waals surface area (Å²) in [5.74, 6) is 1.42. The van der Waals surface area contributed by atoms with Crippen LogP contribution >= 0.6 is 23.4 Å². The molecule has 0 bridgehead atoms. The van der Waals surface area contributed by atoms with Crippen LogP contribution < -0.4 is 5.32 Å². The Bertz CT molecular complexity index is 781. The van der Waals surface area contributed by atoms with Gasteiger partial charge in [0.1, 0.15) is 6.04 Å². The SMILES string of the molecule is CC(C)NC(=O)[C@H](C)N(Cc1ccc(Cl)cc1)C(=O)CCSCc1ccccc1. The fourth-order valence-electron chi connectivity index (χ4n) is 2.84. The summed E-state index contributed by atoms with van der Waals surface area (Å²) < 4.78 is 0. The van der Waals surface area contributed by atoms with E-state index in [-0.39, 0.29) is 17.9 Å². The molecule has 0 spiro atoms. The van der Waals surface area contributed by atoms with E-state index in [1.165, 1.54) is 5.56 Å². The summed E-state index contributed by atoms with van der Waals surface area (Å²) in [5.41, 5.74) is 2.19. The number of benzene rings is 2. The Kier molecular flexibility index (Phi) is 9.55. The summed E-state index contributed by atoms with van der Waals surface area (Å²) >= 11 is 7.69. The van der Waals surface area contributed by atoms with Gasteiger partial charge in [0.25, 0.3) is 0 Å². The van der Waals surface area contributed by atoms with Crippen molar-refractivity contribution in [1.29, 1.82) is 0 Å². The normalized spacial score (nSPS) is 11.9. The molecule has 0 heterocycles. The molecule has 4 nitrogen and oxygen atoms in total. The van der Waals surface area contributed by atoms with Crippen molar-refractivity contribution in [2.24, 2.45) is 0 Å². The van der Waals surface area contributed by atoms with Crippen LogP contribution in [0.5, 0.6) is 0 Å². The zero-order valence-electron chi connectivity index (χ0n) is 17.2. The number of rotatable bonds is 10. The third kappa shape index (κ3) is 8.11. The second-order valence-electron chi connectivity index (χ2n) is 7.28. The predicted octanol–water partition coefficient (Wildman–Crippen LogP) is 4.91. The topological polar surface area (TPSA) is 49.4 Å². The first-order chi connectivity index (χ1) is 13.9. The molecule has 156 valence electrons. The van der Waals surface area contributed by atoms with Crippen LogP contribution in [0.3, 0.4) is 0 Å². The van der Waals surface area contributed by atoms with Crippen LogP contribution in [0.15, 0.2) is 54.6 Å². The summed E-state index contributed by atoms with van der Waals surface area (Å²) in [6.07, 6.45) is 0.393. The zero-order chi connectivity index (χ0) is 21.2. The molecule has 2 aromatic rings. The molecule has 0 aliphatic carbocycles. The first-order valence-electron chi connectivity index (χ1n) is 9.82. The first-order valence-corrected chi connectivity index (χ1v) is 11.4. The average molecular weight is 433 g/mol. The molecular formula is C23H29ClN2O2S. The highest BCUT2D eigenvalue weighted by Gasteiger charge is 2.26. The Morgan fingerprint density at radius 3 is 2.28 bits per heavy atom. The van der Waals surface area contributed by atoms with E-state index < -0.39 is 6.04 Å². The van der Waals surface area contributed by atoms with Crippen molar-refractivity contribution in [3.63, 3.8) is 0 Å². The summed E-state index contributed by atoms with van der Waals surface area (Å²) in [6.45, 7) is 5.99. The van der Waals surface area contributed by atoms with E-state index in [0.29, 0.717) is 23.7 Å². The molecule has 29 heavy (non-hydrogen) atoms. The summed E-state index contributed by atoms with van der Waals surface area (Å²) in [6, 6.07) is 17.1. The number of carbonyl (C=O) groups is 2. The lowest BCUT2D eigenvalue weighted by Crippen LogP contribution is -2.49. The molecule has 0 saturated heterocycles. The summed E-state index contributed by atoms with van der Waals surface area (Å²) in [5, 5.41) is 3.55. The quantitative estimate of drug-likeness (QED) is 0.543. The average Bonchev–Trinajstić information content (AvgIpc) is 2.70. The van der Waals surface area contributed by atoms with E-state index in [1.54, 1.807) is 35.7 Å². The Hall–Kier alpha value is -1.98. The van der Waals surface area contributed by atoms with Gasteiger partial charge in [-0.3, -0.25) is 9.59 Å². The molecule has 2 amide bonds. The predicted molar refractivity (Wildman–Crippen MR) is 122 cm³/mol. The van der Waals surface area contributed by atoms with Crippen LogP contribution in [0, 0.1) is 0 Å². The van der Waals surface area contributed by atoms with E-state index in [1.807, 2.05) is 44.2 Å². The van der Waals surface area contributed by atoms with Crippen molar-refractivity contribution < 1.29 is 9.59 Å². The molecule has 6 heteroatoms. The van der Waals surface area contributed by atoms with Gasteiger partial charge in [0.05, 0.1) is 0 Å². The van der Waals surface area contributed by atoms with Crippen LogP contribution in [0.1, 0.15) is 38.3 Å². The molecule has 0 aliphatic rings. The van der Waals surface area contributed by atoms with Crippen molar-refractivity contribution in [2.75, 3.05) is 5.75 Å².